The van der Waals surface area contributed by atoms with Gasteiger partial charge < -0.3 is 4.90 Å². The third kappa shape index (κ3) is 4.33. The summed E-state index contributed by atoms with van der Waals surface area (Å²) < 4.78 is 1.70. The maximum Gasteiger partial charge on any atom is 0.235 e. The van der Waals surface area contributed by atoms with Crippen molar-refractivity contribution in [2.45, 2.75) is 26.2 Å². The molecule has 0 aromatic carbocycles. The molecule has 3 heterocycles. The summed E-state index contributed by atoms with van der Waals surface area (Å²) in [6.45, 7) is 6.56. The Balaban J connectivity index is 1.45. The van der Waals surface area contributed by atoms with E-state index in [2.05, 4.69) is 27.3 Å². The zero-order valence-corrected chi connectivity index (χ0v) is 14.5. The van der Waals surface area contributed by atoms with E-state index >= 15 is 0 Å². The van der Waals surface area contributed by atoms with E-state index in [1.807, 2.05) is 23.1 Å². The number of nitrogens with one attached hydrogen (secondary N) is 1. The van der Waals surface area contributed by atoms with Crippen LogP contribution in [0.15, 0.2) is 24.4 Å². The molecule has 0 bridgehead atoms. The van der Waals surface area contributed by atoms with Gasteiger partial charge in [0.25, 0.3) is 0 Å². The second kappa shape index (κ2) is 8.06. The van der Waals surface area contributed by atoms with Gasteiger partial charge in [0, 0.05) is 45.2 Å². The zero-order chi connectivity index (χ0) is 17.6. The highest BCUT2D eigenvalue weighted by Gasteiger charge is 2.21. The number of anilines is 1. The molecule has 1 saturated heterocycles. The summed E-state index contributed by atoms with van der Waals surface area (Å²) in [5, 5.41) is 10.7. The summed E-state index contributed by atoms with van der Waals surface area (Å²) in [6.07, 6.45) is 3.28. The summed E-state index contributed by atoms with van der Waals surface area (Å²) in [5.41, 5.74) is 0.666. The molecule has 1 aliphatic rings. The number of hydrogen-bond donors (Lipinski definition) is 1. The Morgan fingerprint density at radius 3 is 2.68 bits per heavy atom. The normalized spacial score (nSPS) is 15.5. The third-order valence-electron chi connectivity index (χ3n) is 4.40. The van der Waals surface area contributed by atoms with Crippen LogP contribution in [0.1, 0.15) is 26.2 Å². The van der Waals surface area contributed by atoms with Crippen LogP contribution in [0.2, 0.25) is 0 Å². The van der Waals surface area contributed by atoms with Gasteiger partial charge in [-0.2, -0.15) is 0 Å². The van der Waals surface area contributed by atoms with Crippen molar-refractivity contribution < 1.29 is 9.59 Å². The van der Waals surface area contributed by atoms with Gasteiger partial charge in [0.15, 0.2) is 5.65 Å². The van der Waals surface area contributed by atoms with Crippen molar-refractivity contribution in [1.82, 2.24) is 24.4 Å². The van der Waals surface area contributed by atoms with Crippen molar-refractivity contribution in [3.05, 3.63) is 24.4 Å². The van der Waals surface area contributed by atoms with E-state index in [9.17, 15) is 9.59 Å². The van der Waals surface area contributed by atoms with Gasteiger partial charge in [0.05, 0.1) is 0 Å². The van der Waals surface area contributed by atoms with Crippen LogP contribution in [0.5, 0.6) is 0 Å². The molecule has 1 aliphatic heterocycles. The summed E-state index contributed by atoms with van der Waals surface area (Å²) in [6, 6.07) is 5.51. The van der Waals surface area contributed by atoms with Crippen LogP contribution in [0, 0.1) is 0 Å². The molecule has 0 aliphatic carbocycles. The molecular formula is C17H24N6O2. The highest BCUT2D eigenvalue weighted by Crippen LogP contribution is 2.09. The molecule has 1 fully saturated rings. The minimum atomic E-state index is -0.226. The van der Waals surface area contributed by atoms with Gasteiger partial charge in [-0.25, -0.2) is 0 Å². The van der Waals surface area contributed by atoms with Crippen LogP contribution in [-0.2, 0) is 9.59 Å². The largest absolute Gasteiger partial charge is 0.340 e. The first-order chi connectivity index (χ1) is 12.2. The number of carbonyl (C=O) groups is 2. The molecule has 0 unspecified atom stereocenters. The molecule has 0 radical (unpaired) electrons. The molecule has 0 atom stereocenters. The molecule has 8 heteroatoms. The van der Waals surface area contributed by atoms with E-state index in [-0.39, 0.29) is 24.7 Å². The predicted molar refractivity (Wildman–Crippen MR) is 94.2 cm³/mol. The number of piperazine rings is 1. The molecule has 0 spiro atoms. The van der Waals surface area contributed by atoms with Crippen LogP contribution in [0.4, 0.5) is 5.95 Å². The number of amides is 2. The zero-order valence-electron chi connectivity index (χ0n) is 14.5. The lowest BCUT2D eigenvalue weighted by Gasteiger charge is -2.34. The van der Waals surface area contributed by atoms with Gasteiger partial charge in [0.1, 0.15) is 0 Å². The van der Waals surface area contributed by atoms with E-state index in [4.69, 9.17) is 0 Å². The van der Waals surface area contributed by atoms with Crippen molar-refractivity contribution in [2.24, 2.45) is 0 Å². The first-order valence-corrected chi connectivity index (χ1v) is 8.77. The van der Waals surface area contributed by atoms with Gasteiger partial charge >= 0.3 is 0 Å². The van der Waals surface area contributed by atoms with Gasteiger partial charge in [-0.3, -0.25) is 24.2 Å². The number of rotatable bonds is 6. The lowest BCUT2D eigenvalue weighted by Crippen LogP contribution is -2.48. The molecule has 2 aromatic rings. The predicted octanol–water partition coefficient (Wildman–Crippen LogP) is 1.00. The van der Waals surface area contributed by atoms with Crippen molar-refractivity contribution in [2.75, 3.05) is 38.0 Å². The molecule has 25 heavy (non-hydrogen) atoms. The topological polar surface area (TPSA) is 82.8 Å². The van der Waals surface area contributed by atoms with Crippen LogP contribution in [0.25, 0.3) is 5.65 Å². The molecule has 8 nitrogen and oxygen atoms in total. The van der Waals surface area contributed by atoms with Gasteiger partial charge in [-0.1, -0.05) is 13.0 Å². The quantitative estimate of drug-likeness (QED) is 0.845. The fourth-order valence-corrected chi connectivity index (χ4v) is 3.03. The second-order valence-electron chi connectivity index (χ2n) is 6.22. The number of pyridine rings is 1. The molecule has 1 N–H and O–H groups in total. The van der Waals surface area contributed by atoms with E-state index in [1.54, 1.807) is 10.6 Å². The summed E-state index contributed by atoms with van der Waals surface area (Å²) in [7, 11) is 0. The lowest BCUT2D eigenvalue weighted by atomic mass is 10.2. The third-order valence-corrected chi connectivity index (χ3v) is 4.40. The van der Waals surface area contributed by atoms with Crippen molar-refractivity contribution in [3.8, 4) is 0 Å². The Morgan fingerprint density at radius 2 is 1.92 bits per heavy atom. The fourth-order valence-electron chi connectivity index (χ4n) is 3.03. The Hall–Kier alpha value is -2.48. The van der Waals surface area contributed by atoms with E-state index < -0.39 is 0 Å². The van der Waals surface area contributed by atoms with Crippen LogP contribution >= 0.6 is 0 Å². The maximum absolute atomic E-state index is 12.3. The monoisotopic (exact) mass is 344 g/mol. The molecule has 2 aromatic heterocycles. The van der Waals surface area contributed by atoms with E-state index in [0.717, 1.165) is 39.1 Å². The van der Waals surface area contributed by atoms with Crippen LogP contribution in [0.3, 0.4) is 0 Å². The summed E-state index contributed by atoms with van der Waals surface area (Å²) in [5.74, 6) is 0.190. The SMILES string of the molecule is CCCN1CCN(C(=O)CCC(=O)Nc2nnc3ccccn23)CC1. The van der Waals surface area contributed by atoms with Gasteiger partial charge in [0.2, 0.25) is 17.8 Å². The van der Waals surface area contributed by atoms with Crippen LogP contribution < -0.4 is 5.32 Å². The van der Waals surface area contributed by atoms with E-state index in [0.29, 0.717) is 11.6 Å². The number of carbonyl (C=O) groups excluding carboxylic acids is 2. The number of hydrogen-bond acceptors (Lipinski definition) is 5. The smallest absolute Gasteiger partial charge is 0.235 e. The van der Waals surface area contributed by atoms with Gasteiger partial charge in [-0.15, -0.1) is 10.2 Å². The maximum atomic E-state index is 12.3. The average molecular weight is 344 g/mol. The van der Waals surface area contributed by atoms with Gasteiger partial charge in [-0.05, 0) is 25.1 Å². The molecule has 0 saturated carbocycles. The lowest BCUT2D eigenvalue weighted by molar-refractivity contribution is -0.134. The fraction of sp³-hybridized carbons (Fsp3) is 0.529. The molecular weight excluding hydrogens is 320 g/mol. The Bertz CT molecular complexity index is 736. The Labute approximate surface area is 146 Å². The van der Waals surface area contributed by atoms with Crippen molar-refractivity contribution in [1.29, 1.82) is 0 Å². The summed E-state index contributed by atoms with van der Waals surface area (Å²) in [4.78, 5) is 28.6. The molecule has 3 rings (SSSR count). The number of fused-ring (bicyclic) bond motifs is 1. The minimum absolute atomic E-state index is 0.0393. The average Bonchev–Trinajstić information content (AvgIpc) is 3.04. The Kier molecular flexibility index (Phi) is 5.60. The Morgan fingerprint density at radius 1 is 1.12 bits per heavy atom. The highest BCUT2D eigenvalue weighted by molar-refractivity contribution is 5.92. The second-order valence-corrected chi connectivity index (χ2v) is 6.22. The number of aromatic nitrogens is 3. The highest BCUT2D eigenvalue weighted by atomic mass is 16.2. The van der Waals surface area contributed by atoms with Crippen molar-refractivity contribution >= 4 is 23.4 Å². The summed E-state index contributed by atoms with van der Waals surface area (Å²) >= 11 is 0. The minimum Gasteiger partial charge on any atom is -0.340 e. The van der Waals surface area contributed by atoms with Crippen LogP contribution in [-0.4, -0.2) is 68.9 Å². The van der Waals surface area contributed by atoms with Crippen molar-refractivity contribution in [3.63, 3.8) is 0 Å². The van der Waals surface area contributed by atoms with E-state index in [1.165, 1.54) is 0 Å². The molecule has 134 valence electrons. The first kappa shape index (κ1) is 17.3. The molecule has 2 amide bonds. The first-order valence-electron chi connectivity index (χ1n) is 8.77. The standard InChI is InChI=1S/C17H24N6O2/c1-2-8-21-10-12-22(13-11-21)16(25)7-6-15(24)18-17-20-19-14-5-3-4-9-23(14)17/h3-5,9H,2,6-8,10-13H2,1H3,(H,18,20,24). The number of nitrogens with zero attached hydrogens (tertiary/aromatic N) is 5.